The van der Waals surface area contributed by atoms with Crippen molar-refractivity contribution in [2.75, 3.05) is 0 Å². The first-order valence-corrected chi connectivity index (χ1v) is 7.18. The van der Waals surface area contributed by atoms with E-state index in [0.717, 1.165) is 10.9 Å². The van der Waals surface area contributed by atoms with Crippen molar-refractivity contribution in [3.63, 3.8) is 0 Å². The van der Waals surface area contributed by atoms with Crippen LogP contribution in [-0.4, -0.2) is 20.5 Å². The van der Waals surface area contributed by atoms with Gasteiger partial charge in [-0.1, -0.05) is 42.0 Å². The highest BCUT2D eigenvalue weighted by molar-refractivity contribution is 5.94. The summed E-state index contributed by atoms with van der Waals surface area (Å²) < 4.78 is 1.87. The molecule has 0 radical (unpaired) electrons. The Labute approximate surface area is 124 Å². The van der Waals surface area contributed by atoms with Gasteiger partial charge in [-0.15, -0.1) is 0 Å². The van der Waals surface area contributed by atoms with E-state index in [9.17, 15) is 5.11 Å². The molecule has 21 heavy (non-hydrogen) atoms. The fourth-order valence-corrected chi connectivity index (χ4v) is 2.58. The van der Waals surface area contributed by atoms with Crippen molar-refractivity contribution >= 4 is 10.9 Å². The van der Waals surface area contributed by atoms with Crippen LogP contribution in [0.4, 0.5) is 0 Å². The quantitative estimate of drug-likeness (QED) is 0.792. The molecule has 0 atom stereocenters. The topological polar surface area (TPSA) is 38.0 Å². The van der Waals surface area contributed by atoms with Gasteiger partial charge in [0.1, 0.15) is 0 Å². The standard InChI is InChI=1S/C18H20N2O/c1-13-7-9-14(10-8-13)15-5-4-6-17-16(15)11-19-20(17)12-18(2,3)21/h4-11,21H,12H2,1-3H3. The van der Waals surface area contributed by atoms with E-state index < -0.39 is 5.60 Å². The lowest BCUT2D eigenvalue weighted by molar-refractivity contribution is 0.0591. The number of aryl methyl sites for hydroxylation is 1. The van der Waals surface area contributed by atoms with E-state index in [1.807, 2.05) is 23.0 Å². The molecule has 3 aromatic rings. The SMILES string of the molecule is Cc1ccc(-c2cccc3c2cnn3CC(C)(C)O)cc1. The zero-order chi connectivity index (χ0) is 15.0. The monoisotopic (exact) mass is 280 g/mol. The summed E-state index contributed by atoms with van der Waals surface area (Å²) in [5.74, 6) is 0. The van der Waals surface area contributed by atoms with Crippen molar-refractivity contribution < 1.29 is 5.11 Å². The molecule has 0 unspecified atom stereocenters. The highest BCUT2D eigenvalue weighted by Gasteiger charge is 2.16. The predicted octanol–water partition coefficient (Wildman–Crippen LogP) is 3.78. The molecule has 0 fully saturated rings. The molecule has 3 rings (SSSR count). The zero-order valence-electron chi connectivity index (χ0n) is 12.7. The predicted molar refractivity (Wildman–Crippen MR) is 86.2 cm³/mol. The van der Waals surface area contributed by atoms with Crippen molar-refractivity contribution in [2.45, 2.75) is 32.9 Å². The van der Waals surface area contributed by atoms with E-state index >= 15 is 0 Å². The van der Waals surface area contributed by atoms with Gasteiger partial charge in [0.25, 0.3) is 0 Å². The molecule has 0 amide bonds. The molecule has 3 heteroatoms. The lowest BCUT2D eigenvalue weighted by atomic mass is 10.0. The van der Waals surface area contributed by atoms with Gasteiger partial charge in [0.15, 0.2) is 0 Å². The third kappa shape index (κ3) is 2.83. The molecule has 1 N–H and O–H groups in total. The lowest BCUT2D eigenvalue weighted by Gasteiger charge is -2.17. The molecule has 0 bridgehead atoms. The van der Waals surface area contributed by atoms with Gasteiger partial charge in [-0.05, 0) is 38.0 Å². The molecule has 108 valence electrons. The van der Waals surface area contributed by atoms with Crippen LogP contribution in [0.1, 0.15) is 19.4 Å². The average Bonchev–Trinajstić information content (AvgIpc) is 2.81. The summed E-state index contributed by atoms with van der Waals surface area (Å²) in [6, 6.07) is 14.7. The molecule has 0 saturated carbocycles. The Morgan fingerprint density at radius 3 is 2.48 bits per heavy atom. The van der Waals surface area contributed by atoms with Crippen molar-refractivity contribution in [3.8, 4) is 11.1 Å². The third-order valence-electron chi connectivity index (χ3n) is 3.59. The molecule has 0 spiro atoms. The number of nitrogens with zero attached hydrogens (tertiary/aromatic N) is 2. The van der Waals surface area contributed by atoms with Gasteiger partial charge in [0.2, 0.25) is 0 Å². The molecular weight excluding hydrogens is 260 g/mol. The second-order valence-electron chi connectivity index (χ2n) is 6.22. The maximum Gasteiger partial charge on any atom is 0.0787 e. The molecule has 3 nitrogen and oxygen atoms in total. The molecular formula is C18H20N2O. The molecule has 0 aliphatic heterocycles. The Morgan fingerprint density at radius 2 is 1.81 bits per heavy atom. The smallest absolute Gasteiger partial charge is 0.0787 e. The van der Waals surface area contributed by atoms with Gasteiger partial charge in [0, 0.05) is 5.39 Å². The average molecular weight is 280 g/mol. The maximum atomic E-state index is 10.0. The fraction of sp³-hybridized carbons (Fsp3) is 0.278. The van der Waals surface area contributed by atoms with Crippen molar-refractivity contribution in [3.05, 3.63) is 54.2 Å². The van der Waals surface area contributed by atoms with Crippen LogP contribution in [0.25, 0.3) is 22.0 Å². The summed E-state index contributed by atoms with van der Waals surface area (Å²) in [6.07, 6.45) is 1.89. The van der Waals surface area contributed by atoms with Crippen LogP contribution >= 0.6 is 0 Å². The summed E-state index contributed by atoms with van der Waals surface area (Å²) in [4.78, 5) is 0. The number of benzene rings is 2. The Hall–Kier alpha value is -2.13. The zero-order valence-corrected chi connectivity index (χ0v) is 12.7. The third-order valence-corrected chi connectivity index (χ3v) is 3.59. The normalized spacial score (nSPS) is 12.0. The minimum absolute atomic E-state index is 0.480. The maximum absolute atomic E-state index is 10.0. The van der Waals surface area contributed by atoms with Crippen LogP contribution in [0.2, 0.25) is 0 Å². The van der Waals surface area contributed by atoms with Crippen LogP contribution in [-0.2, 0) is 6.54 Å². The fourth-order valence-electron chi connectivity index (χ4n) is 2.58. The van der Waals surface area contributed by atoms with Gasteiger partial charge in [0.05, 0.1) is 23.9 Å². The highest BCUT2D eigenvalue weighted by Crippen LogP contribution is 2.29. The van der Waals surface area contributed by atoms with Crippen molar-refractivity contribution in [1.82, 2.24) is 9.78 Å². The number of aliphatic hydroxyl groups is 1. The van der Waals surface area contributed by atoms with Crippen LogP contribution in [0.15, 0.2) is 48.7 Å². The first-order valence-electron chi connectivity index (χ1n) is 7.18. The molecule has 1 aromatic heterocycles. The lowest BCUT2D eigenvalue weighted by Crippen LogP contribution is -2.26. The van der Waals surface area contributed by atoms with E-state index in [1.165, 1.54) is 16.7 Å². The van der Waals surface area contributed by atoms with Gasteiger partial charge < -0.3 is 5.11 Å². The van der Waals surface area contributed by atoms with Crippen molar-refractivity contribution in [1.29, 1.82) is 0 Å². The summed E-state index contributed by atoms with van der Waals surface area (Å²) in [5, 5.41) is 15.6. The van der Waals surface area contributed by atoms with Crippen LogP contribution in [0.3, 0.4) is 0 Å². The number of hydrogen-bond donors (Lipinski definition) is 1. The van der Waals surface area contributed by atoms with E-state index in [2.05, 4.69) is 42.4 Å². The minimum Gasteiger partial charge on any atom is -0.389 e. The van der Waals surface area contributed by atoms with Gasteiger partial charge >= 0.3 is 0 Å². The Kier molecular flexibility index (Phi) is 3.30. The van der Waals surface area contributed by atoms with Gasteiger partial charge in [-0.3, -0.25) is 4.68 Å². The summed E-state index contributed by atoms with van der Waals surface area (Å²) in [7, 11) is 0. The first-order chi connectivity index (χ1) is 9.94. The summed E-state index contributed by atoms with van der Waals surface area (Å²) in [5.41, 5.74) is 3.89. The Morgan fingerprint density at radius 1 is 1.10 bits per heavy atom. The molecule has 1 heterocycles. The van der Waals surface area contributed by atoms with E-state index in [1.54, 1.807) is 13.8 Å². The van der Waals surface area contributed by atoms with E-state index in [4.69, 9.17) is 0 Å². The molecule has 0 aliphatic carbocycles. The number of hydrogen-bond acceptors (Lipinski definition) is 2. The largest absolute Gasteiger partial charge is 0.389 e. The summed E-state index contributed by atoms with van der Waals surface area (Å²) >= 11 is 0. The minimum atomic E-state index is -0.779. The van der Waals surface area contributed by atoms with E-state index in [0.29, 0.717) is 6.54 Å². The van der Waals surface area contributed by atoms with Gasteiger partial charge in [-0.25, -0.2) is 0 Å². The number of fused-ring (bicyclic) bond motifs is 1. The van der Waals surface area contributed by atoms with Crippen molar-refractivity contribution in [2.24, 2.45) is 0 Å². The second-order valence-corrected chi connectivity index (χ2v) is 6.22. The Bertz CT molecular complexity index is 764. The molecule has 0 aliphatic rings. The highest BCUT2D eigenvalue weighted by atomic mass is 16.3. The Balaban J connectivity index is 2.11. The van der Waals surface area contributed by atoms with Crippen LogP contribution in [0, 0.1) is 6.92 Å². The molecule has 0 saturated heterocycles. The summed E-state index contributed by atoms with van der Waals surface area (Å²) in [6.45, 7) is 6.16. The van der Waals surface area contributed by atoms with Gasteiger partial charge in [-0.2, -0.15) is 5.10 Å². The number of aromatic nitrogens is 2. The first kappa shape index (κ1) is 13.8. The molecule has 2 aromatic carbocycles. The number of rotatable bonds is 3. The van der Waals surface area contributed by atoms with E-state index in [-0.39, 0.29) is 0 Å². The van der Waals surface area contributed by atoms with Crippen LogP contribution < -0.4 is 0 Å². The van der Waals surface area contributed by atoms with Crippen LogP contribution in [0.5, 0.6) is 0 Å². The second kappa shape index (κ2) is 5.01.